The second kappa shape index (κ2) is 8.32. The van der Waals surface area contributed by atoms with Gasteiger partial charge < -0.3 is 10.2 Å². The molecule has 0 spiro atoms. The summed E-state index contributed by atoms with van der Waals surface area (Å²) in [4.78, 5) is 15.6. The molecule has 4 rings (SSSR count). The highest BCUT2D eigenvalue weighted by atomic mass is 19.4. The highest BCUT2D eigenvalue weighted by molar-refractivity contribution is 6.01. The minimum Gasteiger partial charge on any atom is -0.370 e. The molecule has 1 aliphatic carbocycles. The quantitative estimate of drug-likeness (QED) is 0.649. The van der Waals surface area contributed by atoms with Gasteiger partial charge in [0.2, 0.25) is 5.91 Å². The molecular weight excluding hydrogens is 389 g/mol. The van der Waals surface area contributed by atoms with Gasteiger partial charge in [-0.1, -0.05) is 43.2 Å². The predicted octanol–water partition coefficient (Wildman–Crippen LogP) is 6.15. The Morgan fingerprint density at radius 1 is 0.900 bits per heavy atom. The third kappa shape index (κ3) is 4.05. The van der Waals surface area contributed by atoms with Gasteiger partial charge in [0.25, 0.3) is 0 Å². The number of alkyl halides is 3. The SMILES string of the molecule is O=C(Nc1cc(C(F)(F)F)ccc1N1CCCCC1)C1(c2ccccc2)CCCC1. The molecule has 6 heteroatoms. The molecular formula is C24H27F3N2O. The third-order valence-electron chi connectivity index (χ3n) is 6.49. The van der Waals surface area contributed by atoms with Gasteiger partial charge >= 0.3 is 6.18 Å². The molecule has 0 atom stereocenters. The Balaban J connectivity index is 1.70. The van der Waals surface area contributed by atoms with Crippen molar-refractivity contribution in [2.75, 3.05) is 23.3 Å². The molecule has 1 saturated heterocycles. The van der Waals surface area contributed by atoms with Crippen LogP contribution in [0.5, 0.6) is 0 Å². The molecule has 3 nitrogen and oxygen atoms in total. The van der Waals surface area contributed by atoms with Gasteiger partial charge in [-0.25, -0.2) is 0 Å². The zero-order valence-corrected chi connectivity index (χ0v) is 17.0. The van der Waals surface area contributed by atoms with E-state index in [1.807, 2.05) is 30.3 Å². The van der Waals surface area contributed by atoms with Crippen molar-refractivity contribution in [1.29, 1.82) is 0 Å². The van der Waals surface area contributed by atoms with E-state index in [2.05, 4.69) is 10.2 Å². The van der Waals surface area contributed by atoms with Crippen LogP contribution in [0.2, 0.25) is 0 Å². The van der Waals surface area contributed by atoms with Crippen molar-refractivity contribution in [1.82, 2.24) is 0 Å². The summed E-state index contributed by atoms with van der Waals surface area (Å²) in [6, 6.07) is 13.3. The lowest BCUT2D eigenvalue weighted by molar-refractivity contribution is -0.137. The zero-order chi connectivity index (χ0) is 21.2. The van der Waals surface area contributed by atoms with Crippen LogP contribution in [0.3, 0.4) is 0 Å². The Morgan fingerprint density at radius 3 is 2.20 bits per heavy atom. The van der Waals surface area contributed by atoms with E-state index in [1.54, 1.807) is 0 Å². The number of hydrogen-bond acceptors (Lipinski definition) is 2. The standard InChI is InChI=1S/C24H27F3N2O/c25-24(26,27)19-11-12-21(29-15-7-2-8-16-29)20(17-19)28-22(30)23(13-5-6-14-23)18-9-3-1-4-10-18/h1,3-4,9-12,17H,2,5-8,13-16H2,(H,28,30). The molecule has 1 N–H and O–H groups in total. The number of amides is 1. The average Bonchev–Trinajstić information content (AvgIpc) is 3.26. The maximum Gasteiger partial charge on any atom is 0.416 e. The van der Waals surface area contributed by atoms with Gasteiger partial charge in [0, 0.05) is 13.1 Å². The van der Waals surface area contributed by atoms with Crippen LogP contribution in [0.4, 0.5) is 24.5 Å². The molecule has 2 aromatic rings. The van der Waals surface area contributed by atoms with E-state index in [4.69, 9.17) is 0 Å². The predicted molar refractivity (Wildman–Crippen MR) is 113 cm³/mol. The molecule has 1 saturated carbocycles. The van der Waals surface area contributed by atoms with Crippen molar-refractivity contribution in [3.05, 3.63) is 59.7 Å². The van der Waals surface area contributed by atoms with Gasteiger partial charge in [-0.15, -0.1) is 0 Å². The van der Waals surface area contributed by atoms with Gasteiger partial charge in [-0.2, -0.15) is 13.2 Å². The highest BCUT2D eigenvalue weighted by Gasteiger charge is 2.43. The van der Waals surface area contributed by atoms with Crippen molar-refractivity contribution in [2.45, 2.75) is 56.5 Å². The molecule has 30 heavy (non-hydrogen) atoms. The van der Waals surface area contributed by atoms with Crippen molar-refractivity contribution in [2.24, 2.45) is 0 Å². The van der Waals surface area contributed by atoms with Crippen LogP contribution in [0, 0.1) is 0 Å². The van der Waals surface area contributed by atoms with Gasteiger partial charge in [0.05, 0.1) is 22.4 Å². The Hall–Kier alpha value is -2.50. The van der Waals surface area contributed by atoms with Gasteiger partial charge in [-0.05, 0) is 55.9 Å². The number of nitrogens with zero attached hydrogens (tertiary/aromatic N) is 1. The maximum atomic E-state index is 13.5. The minimum absolute atomic E-state index is 0.205. The average molecular weight is 416 g/mol. The van der Waals surface area contributed by atoms with E-state index in [0.717, 1.165) is 62.9 Å². The lowest BCUT2D eigenvalue weighted by atomic mass is 9.78. The van der Waals surface area contributed by atoms with E-state index in [9.17, 15) is 18.0 Å². The fourth-order valence-corrected chi connectivity index (χ4v) is 4.85. The Kier molecular flexibility index (Phi) is 5.76. The molecule has 2 fully saturated rings. The Labute approximate surface area is 175 Å². The first-order valence-corrected chi connectivity index (χ1v) is 10.7. The zero-order valence-electron chi connectivity index (χ0n) is 17.0. The molecule has 160 valence electrons. The summed E-state index contributed by atoms with van der Waals surface area (Å²) < 4.78 is 40.2. The number of benzene rings is 2. The number of nitrogens with one attached hydrogen (secondary N) is 1. The Morgan fingerprint density at radius 2 is 1.57 bits per heavy atom. The fraction of sp³-hybridized carbons (Fsp3) is 0.458. The summed E-state index contributed by atoms with van der Waals surface area (Å²) in [5.74, 6) is -0.205. The van der Waals surface area contributed by atoms with Crippen LogP contribution in [-0.4, -0.2) is 19.0 Å². The number of rotatable bonds is 4. The smallest absolute Gasteiger partial charge is 0.370 e. The van der Waals surface area contributed by atoms with Crippen LogP contribution in [0.15, 0.2) is 48.5 Å². The summed E-state index contributed by atoms with van der Waals surface area (Å²) in [7, 11) is 0. The maximum absolute atomic E-state index is 13.5. The summed E-state index contributed by atoms with van der Waals surface area (Å²) in [5, 5.41) is 2.92. The van der Waals surface area contributed by atoms with Gasteiger partial charge in [0.15, 0.2) is 0 Å². The number of carbonyl (C=O) groups excluding carboxylic acids is 1. The van der Waals surface area contributed by atoms with E-state index in [1.165, 1.54) is 6.07 Å². The summed E-state index contributed by atoms with van der Waals surface area (Å²) >= 11 is 0. The number of carbonyl (C=O) groups is 1. The molecule has 1 amide bonds. The van der Waals surface area contributed by atoms with Crippen LogP contribution in [0.25, 0.3) is 0 Å². The first-order valence-electron chi connectivity index (χ1n) is 10.7. The third-order valence-corrected chi connectivity index (χ3v) is 6.49. The van der Waals surface area contributed by atoms with Crippen molar-refractivity contribution in [3.8, 4) is 0 Å². The topological polar surface area (TPSA) is 32.3 Å². The lowest BCUT2D eigenvalue weighted by Crippen LogP contribution is -2.38. The monoisotopic (exact) mass is 416 g/mol. The molecule has 1 aliphatic heterocycles. The van der Waals surface area contributed by atoms with Crippen molar-refractivity contribution in [3.63, 3.8) is 0 Å². The van der Waals surface area contributed by atoms with Crippen molar-refractivity contribution >= 4 is 17.3 Å². The largest absolute Gasteiger partial charge is 0.416 e. The van der Waals surface area contributed by atoms with E-state index in [-0.39, 0.29) is 11.6 Å². The second-order valence-corrected chi connectivity index (χ2v) is 8.39. The molecule has 2 aliphatic rings. The minimum atomic E-state index is -4.45. The summed E-state index contributed by atoms with van der Waals surface area (Å²) in [5.41, 5.74) is 0.454. The summed E-state index contributed by atoms with van der Waals surface area (Å²) in [6.07, 6.45) is 1.96. The number of hydrogen-bond donors (Lipinski definition) is 1. The Bertz CT molecular complexity index is 883. The lowest BCUT2D eigenvalue weighted by Gasteiger charge is -2.33. The van der Waals surface area contributed by atoms with Crippen molar-refractivity contribution < 1.29 is 18.0 Å². The van der Waals surface area contributed by atoms with Crippen LogP contribution in [-0.2, 0) is 16.4 Å². The molecule has 0 unspecified atom stereocenters. The number of anilines is 2. The molecule has 1 heterocycles. The fourth-order valence-electron chi connectivity index (χ4n) is 4.85. The van der Waals surface area contributed by atoms with Crippen LogP contribution in [0.1, 0.15) is 56.1 Å². The number of halogens is 3. The molecule has 0 aromatic heterocycles. The van der Waals surface area contributed by atoms with E-state index >= 15 is 0 Å². The van der Waals surface area contributed by atoms with Crippen LogP contribution < -0.4 is 10.2 Å². The van der Waals surface area contributed by atoms with Crippen LogP contribution >= 0.6 is 0 Å². The molecule has 2 aromatic carbocycles. The summed E-state index contributed by atoms with van der Waals surface area (Å²) in [6.45, 7) is 1.58. The molecule has 0 bridgehead atoms. The van der Waals surface area contributed by atoms with Gasteiger partial charge in [-0.3, -0.25) is 4.79 Å². The first kappa shape index (κ1) is 20.8. The van der Waals surface area contributed by atoms with E-state index in [0.29, 0.717) is 18.5 Å². The van der Waals surface area contributed by atoms with E-state index < -0.39 is 17.2 Å². The number of piperidine rings is 1. The van der Waals surface area contributed by atoms with Gasteiger partial charge in [0.1, 0.15) is 0 Å². The molecule has 0 radical (unpaired) electrons. The second-order valence-electron chi connectivity index (χ2n) is 8.39. The highest BCUT2D eigenvalue weighted by Crippen LogP contribution is 2.43. The normalized spacial score (nSPS) is 19.0. The first-order chi connectivity index (χ1) is 14.4.